The highest BCUT2D eigenvalue weighted by Crippen LogP contribution is 2.20. The molecule has 0 unspecified atom stereocenters. The predicted molar refractivity (Wildman–Crippen MR) is 69.7 cm³/mol. The summed E-state index contributed by atoms with van der Waals surface area (Å²) in [5.74, 6) is 1.07. The van der Waals surface area contributed by atoms with E-state index < -0.39 is 0 Å². The first kappa shape index (κ1) is 13.0. The van der Waals surface area contributed by atoms with E-state index in [0.717, 1.165) is 18.9 Å². The molecule has 90 valence electrons. The Morgan fingerprint density at radius 1 is 1.38 bits per heavy atom. The number of nitrogens with zero attached hydrogens (tertiary/aromatic N) is 2. The molecule has 0 aliphatic rings. The van der Waals surface area contributed by atoms with Gasteiger partial charge in [0.05, 0.1) is 0 Å². The van der Waals surface area contributed by atoms with Gasteiger partial charge in [-0.3, -0.25) is 0 Å². The van der Waals surface area contributed by atoms with Crippen LogP contribution >= 0.6 is 0 Å². The van der Waals surface area contributed by atoms with E-state index in [1.54, 1.807) is 0 Å². The second-order valence-corrected chi connectivity index (χ2v) is 4.07. The molecule has 1 aromatic rings. The predicted octanol–water partition coefficient (Wildman–Crippen LogP) is 2.48. The van der Waals surface area contributed by atoms with E-state index in [1.807, 2.05) is 12.3 Å². The summed E-state index contributed by atoms with van der Waals surface area (Å²) in [5.41, 5.74) is 8.23. The quantitative estimate of drug-likeness (QED) is 0.802. The molecule has 0 aliphatic heterocycles. The maximum atomic E-state index is 5.81. The van der Waals surface area contributed by atoms with Crippen LogP contribution in [-0.4, -0.2) is 18.1 Å². The zero-order chi connectivity index (χ0) is 12.0. The van der Waals surface area contributed by atoms with Crippen molar-refractivity contribution in [2.45, 2.75) is 40.2 Å². The molecule has 0 amide bonds. The van der Waals surface area contributed by atoms with Crippen molar-refractivity contribution in [1.82, 2.24) is 4.98 Å². The van der Waals surface area contributed by atoms with Crippen LogP contribution in [0.3, 0.4) is 0 Å². The monoisotopic (exact) mass is 221 g/mol. The molecule has 0 spiro atoms. The van der Waals surface area contributed by atoms with E-state index in [-0.39, 0.29) is 0 Å². The first-order valence-electron chi connectivity index (χ1n) is 6.14. The van der Waals surface area contributed by atoms with Crippen LogP contribution in [0.2, 0.25) is 0 Å². The van der Waals surface area contributed by atoms with Crippen molar-refractivity contribution in [3.8, 4) is 0 Å². The third-order valence-corrected chi connectivity index (χ3v) is 2.93. The molecule has 3 nitrogen and oxygen atoms in total. The second kappa shape index (κ2) is 6.48. The highest BCUT2D eigenvalue weighted by Gasteiger charge is 2.11. The fourth-order valence-electron chi connectivity index (χ4n) is 1.86. The smallest absolute Gasteiger partial charge is 0.133 e. The number of pyridine rings is 1. The van der Waals surface area contributed by atoms with Crippen molar-refractivity contribution < 1.29 is 0 Å². The summed E-state index contributed by atoms with van der Waals surface area (Å²) < 4.78 is 0. The average molecular weight is 221 g/mol. The van der Waals surface area contributed by atoms with Gasteiger partial charge < -0.3 is 10.6 Å². The van der Waals surface area contributed by atoms with E-state index >= 15 is 0 Å². The van der Waals surface area contributed by atoms with Crippen LogP contribution in [0.1, 0.15) is 37.8 Å². The molecular weight excluding hydrogens is 198 g/mol. The Labute approximate surface area is 98.7 Å². The lowest BCUT2D eigenvalue weighted by atomic mass is 10.1. The van der Waals surface area contributed by atoms with Gasteiger partial charge in [-0.1, -0.05) is 13.3 Å². The Bertz CT molecular complexity index is 323. The zero-order valence-electron chi connectivity index (χ0n) is 10.7. The normalized spacial score (nSPS) is 10.5. The van der Waals surface area contributed by atoms with Gasteiger partial charge in [0.2, 0.25) is 0 Å². The Balaban J connectivity index is 2.94. The van der Waals surface area contributed by atoms with Crippen LogP contribution in [0.4, 0.5) is 5.82 Å². The molecule has 16 heavy (non-hydrogen) atoms. The lowest BCUT2D eigenvalue weighted by Gasteiger charge is -2.24. The number of hydrogen-bond acceptors (Lipinski definition) is 3. The van der Waals surface area contributed by atoms with Crippen molar-refractivity contribution in [2.75, 3.05) is 18.0 Å². The standard InChI is InChI=1S/C13H23N3/c1-4-6-9-16(5-2)13-12(10-14)11(3)7-8-15-13/h7-8H,4-6,9-10,14H2,1-3H3. The summed E-state index contributed by atoms with van der Waals surface area (Å²) >= 11 is 0. The molecule has 0 saturated carbocycles. The van der Waals surface area contributed by atoms with E-state index in [4.69, 9.17) is 5.73 Å². The summed E-state index contributed by atoms with van der Waals surface area (Å²) in [6, 6.07) is 2.03. The van der Waals surface area contributed by atoms with Crippen molar-refractivity contribution in [3.05, 3.63) is 23.4 Å². The van der Waals surface area contributed by atoms with Crippen LogP contribution in [0.15, 0.2) is 12.3 Å². The Morgan fingerprint density at radius 2 is 2.12 bits per heavy atom. The van der Waals surface area contributed by atoms with Crippen LogP contribution in [0.5, 0.6) is 0 Å². The number of rotatable bonds is 6. The molecule has 0 bridgehead atoms. The van der Waals surface area contributed by atoms with E-state index in [1.165, 1.54) is 24.0 Å². The Kier molecular flexibility index (Phi) is 5.26. The van der Waals surface area contributed by atoms with E-state index in [9.17, 15) is 0 Å². The molecule has 0 fully saturated rings. The number of unbranched alkanes of at least 4 members (excludes halogenated alkanes) is 1. The summed E-state index contributed by atoms with van der Waals surface area (Å²) in [7, 11) is 0. The Hall–Kier alpha value is -1.09. The number of aromatic nitrogens is 1. The number of nitrogens with two attached hydrogens (primary N) is 1. The second-order valence-electron chi connectivity index (χ2n) is 4.07. The fourth-order valence-corrected chi connectivity index (χ4v) is 1.86. The molecule has 1 aromatic heterocycles. The van der Waals surface area contributed by atoms with Gasteiger partial charge in [-0.25, -0.2) is 4.98 Å². The number of anilines is 1. The highest BCUT2D eigenvalue weighted by molar-refractivity contribution is 5.50. The van der Waals surface area contributed by atoms with Crippen molar-refractivity contribution in [3.63, 3.8) is 0 Å². The minimum Gasteiger partial charge on any atom is -0.357 e. The summed E-state index contributed by atoms with van der Waals surface area (Å²) in [4.78, 5) is 6.80. The molecule has 3 heteroatoms. The van der Waals surface area contributed by atoms with Gasteiger partial charge in [-0.2, -0.15) is 0 Å². The molecule has 1 rings (SSSR count). The molecule has 2 N–H and O–H groups in total. The first-order valence-corrected chi connectivity index (χ1v) is 6.14. The van der Waals surface area contributed by atoms with E-state index in [2.05, 4.69) is 30.7 Å². The van der Waals surface area contributed by atoms with E-state index in [0.29, 0.717) is 6.54 Å². The third kappa shape index (κ3) is 2.95. The zero-order valence-corrected chi connectivity index (χ0v) is 10.7. The van der Waals surface area contributed by atoms with Crippen LogP contribution in [0.25, 0.3) is 0 Å². The SMILES string of the molecule is CCCCN(CC)c1nccc(C)c1CN. The molecule has 0 atom stereocenters. The van der Waals surface area contributed by atoms with Gasteiger partial charge in [0.1, 0.15) is 5.82 Å². The van der Waals surface area contributed by atoms with Crippen LogP contribution < -0.4 is 10.6 Å². The lowest BCUT2D eigenvalue weighted by Crippen LogP contribution is -2.27. The largest absolute Gasteiger partial charge is 0.357 e. The molecular formula is C13H23N3. The maximum absolute atomic E-state index is 5.81. The van der Waals surface area contributed by atoms with Gasteiger partial charge in [-0.15, -0.1) is 0 Å². The number of aryl methyl sites for hydroxylation is 1. The van der Waals surface area contributed by atoms with Gasteiger partial charge in [0, 0.05) is 31.4 Å². The van der Waals surface area contributed by atoms with Gasteiger partial charge in [-0.05, 0) is 31.9 Å². The lowest BCUT2D eigenvalue weighted by molar-refractivity contribution is 0.719. The van der Waals surface area contributed by atoms with Gasteiger partial charge in [0.25, 0.3) is 0 Å². The minimum atomic E-state index is 0.567. The number of hydrogen-bond donors (Lipinski definition) is 1. The van der Waals surface area contributed by atoms with Crippen LogP contribution in [0, 0.1) is 6.92 Å². The molecule has 1 heterocycles. The topological polar surface area (TPSA) is 42.2 Å². The molecule has 0 aromatic carbocycles. The molecule has 0 saturated heterocycles. The fraction of sp³-hybridized carbons (Fsp3) is 0.615. The van der Waals surface area contributed by atoms with Gasteiger partial charge in [0.15, 0.2) is 0 Å². The summed E-state index contributed by atoms with van der Waals surface area (Å²) in [6.07, 6.45) is 4.28. The highest BCUT2D eigenvalue weighted by atomic mass is 15.2. The molecule has 0 radical (unpaired) electrons. The summed E-state index contributed by atoms with van der Waals surface area (Å²) in [6.45, 7) is 9.10. The third-order valence-electron chi connectivity index (χ3n) is 2.93. The maximum Gasteiger partial charge on any atom is 0.133 e. The minimum absolute atomic E-state index is 0.567. The molecule has 0 aliphatic carbocycles. The Morgan fingerprint density at radius 3 is 2.69 bits per heavy atom. The average Bonchev–Trinajstić information content (AvgIpc) is 2.30. The van der Waals surface area contributed by atoms with Crippen LogP contribution in [-0.2, 0) is 6.54 Å². The van der Waals surface area contributed by atoms with Gasteiger partial charge >= 0.3 is 0 Å². The summed E-state index contributed by atoms with van der Waals surface area (Å²) in [5, 5.41) is 0. The van der Waals surface area contributed by atoms with Crippen molar-refractivity contribution in [1.29, 1.82) is 0 Å². The van der Waals surface area contributed by atoms with Crippen molar-refractivity contribution in [2.24, 2.45) is 5.73 Å². The first-order chi connectivity index (χ1) is 7.74. The van der Waals surface area contributed by atoms with Crippen molar-refractivity contribution >= 4 is 5.82 Å².